The summed E-state index contributed by atoms with van der Waals surface area (Å²) in [6.07, 6.45) is 4.93. The molecule has 1 saturated carbocycles. The van der Waals surface area contributed by atoms with Crippen LogP contribution in [0.5, 0.6) is 11.5 Å². The average molecular weight is 457 g/mol. The molecule has 1 aliphatic carbocycles. The molecule has 0 bridgehead atoms. The molecule has 1 aromatic heterocycles. The minimum Gasteiger partial charge on any atom is -0.493 e. The fourth-order valence-corrected chi connectivity index (χ4v) is 6.00. The van der Waals surface area contributed by atoms with Crippen LogP contribution in [0.25, 0.3) is 10.6 Å². The predicted molar refractivity (Wildman–Crippen MR) is 125 cm³/mol. The van der Waals surface area contributed by atoms with Crippen molar-refractivity contribution in [3.8, 4) is 22.1 Å². The normalized spacial score (nSPS) is 20.0. The number of hydrogen-bond acceptors (Lipinski definition) is 7. The van der Waals surface area contributed by atoms with Crippen LogP contribution in [0.3, 0.4) is 0 Å². The Morgan fingerprint density at radius 1 is 1.09 bits per heavy atom. The lowest BCUT2D eigenvalue weighted by Gasteiger charge is -2.43. The number of hydrogen-bond donors (Lipinski definition) is 0. The Kier molecular flexibility index (Phi) is 6.35. The SMILES string of the molecule is COc1ccc(-c2nc3c(s2)CN(CC(=O)N2CCN(C4CCC4)CC2)CC3)cc1OC. The zero-order valence-electron chi connectivity index (χ0n) is 19.0. The monoisotopic (exact) mass is 456 g/mol. The van der Waals surface area contributed by atoms with Crippen LogP contribution in [-0.4, -0.2) is 85.1 Å². The van der Waals surface area contributed by atoms with Crippen LogP contribution in [0.15, 0.2) is 18.2 Å². The van der Waals surface area contributed by atoms with Gasteiger partial charge < -0.3 is 14.4 Å². The highest BCUT2D eigenvalue weighted by Gasteiger charge is 2.30. The second kappa shape index (κ2) is 9.37. The quantitative estimate of drug-likeness (QED) is 0.666. The molecule has 2 aliphatic heterocycles. The molecule has 1 saturated heterocycles. The number of nitrogens with zero attached hydrogens (tertiary/aromatic N) is 4. The van der Waals surface area contributed by atoms with Crippen LogP contribution < -0.4 is 9.47 Å². The average Bonchev–Trinajstić information content (AvgIpc) is 3.21. The lowest BCUT2D eigenvalue weighted by Crippen LogP contribution is -2.55. The predicted octanol–water partition coefficient (Wildman–Crippen LogP) is 2.88. The highest BCUT2D eigenvalue weighted by Crippen LogP contribution is 2.36. The second-order valence-electron chi connectivity index (χ2n) is 8.92. The number of methoxy groups -OCH3 is 2. The molecule has 3 aliphatic rings. The number of piperazine rings is 1. The van der Waals surface area contributed by atoms with Gasteiger partial charge in [-0.3, -0.25) is 14.6 Å². The van der Waals surface area contributed by atoms with Gasteiger partial charge in [-0.2, -0.15) is 0 Å². The van der Waals surface area contributed by atoms with E-state index < -0.39 is 0 Å². The summed E-state index contributed by atoms with van der Waals surface area (Å²) in [4.78, 5) is 26.0. The van der Waals surface area contributed by atoms with Gasteiger partial charge in [0.25, 0.3) is 0 Å². The van der Waals surface area contributed by atoms with E-state index in [1.54, 1.807) is 25.6 Å². The van der Waals surface area contributed by atoms with E-state index in [0.29, 0.717) is 12.3 Å². The first-order valence-corrected chi connectivity index (χ1v) is 12.4. The molecule has 32 heavy (non-hydrogen) atoms. The number of amides is 1. The molecular weight excluding hydrogens is 424 g/mol. The molecule has 1 aromatic carbocycles. The molecule has 172 valence electrons. The summed E-state index contributed by atoms with van der Waals surface area (Å²) in [5.41, 5.74) is 2.20. The van der Waals surface area contributed by atoms with Crippen molar-refractivity contribution in [2.45, 2.75) is 38.3 Å². The molecule has 0 N–H and O–H groups in total. The van der Waals surface area contributed by atoms with Gasteiger partial charge >= 0.3 is 0 Å². The maximum atomic E-state index is 12.9. The third-order valence-electron chi connectivity index (χ3n) is 7.06. The summed E-state index contributed by atoms with van der Waals surface area (Å²) >= 11 is 1.72. The second-order valence-corrected chi connectivity index (χ2v) is 10.0. The molecule has 3 heterocycles. The molecule has 0 radical (unpaired) electrons. The summed E-state index contributed by atoms with van der Waals surface area (Å²) in [6.45, 7) is 6.00. The number of benzene rings is 1. The molecule has 0 spiro atoms. The summed E-state index contributed by atoms with van der Waals surface area (Å²) in [6, 6.07) is 6.70. The van der Waals surface area contributed by atoms with Gasteiger partial charge in [0.05, 0.1) is 26.5 Å². The van der Waals surface area contributed by atoms with E-state index in [2.05, 4.69) is 14.7 Å². The van der Waals surface area contributed by atoms with Crippen molar-refractivity contribution < 1.29 is 14.3 Å². The molecular formula is C24H32N4O3S. The number of thiazole rings is 1. The molecule has 1 amide bonds. The Bertz CT molecular complexity index is 966. The number of carbonyl (C=O) groups is 1. The van der Waals surface area contributed by atoms with Crippen LogP contribution in [0, 0.1) is 0 Å². The van der Waals surface area contributed by atoms with Crippen LogP contribution in [0.4, 0.5) is 0 Å². The summed E-state index contributed by atoms with van der Waals surface area (Å²) in [5, 5.41) is 0.997. The zero-order chi connectivity index (χ0) is 22.1. The van der Waals surface area contributed by atoms with Crippen molar-refractivity contribution in [3.05, 3.63) is 28.8 Å². The van der Waals surface area contributed by atoms with Crippen LogP contribution in [-0.2, 0) is 17.8 Å². The van der Waals surface area contributed by atoms with Gasteiger partial charge in [-0.05, 0) is 31.0 Å². The Morgan fingerprint density at radius 2 is 1.88 bits per heavy atom. The molecule has 0 atom stereocenters. The Hall–Kier alpha value is -2.16. The molecule has 2 aromatic rings. The number of ether oxygens (including phenoxy) is 2. The highest BCUT2D eigenvalue weighted by molar-refractivity contribution is 7.15. The first-order chi connectivity index (χ1) is 15.6. The van der Waals surface area contributed by atoms with E-state index in [1.165, 1.54) is 24.1 Å². The largest absolute Gasteiger partial charge is 0.493 e. The van der Waals surface area contributed by atoms with E-state index in [1.807, 2.05) is 18.2 Å². The highest BCUT2D eigenvalue weighted by atomic mass is 32.1. The topological polar surface area (TPSA) is 58.1 Å². The number of aromatic nitrogens is 1. The van der Waals surface area contributed by atoms with Crippen LogP contribution >= 0.6 is 11.3 Å². The Balaban J connectivity index is 1.19. The van der Waals surface area contributed by atoms with Crippen molar-refractivity contribution >= 4 is 17.2 Å². The zero-order valence-corrected chi connectivity index (χ0v) is 19.8. The van der Waals surface area contributed by atoms with Crippen molar-refractivity contribution in [1.82, 2.24) is 19.7 Å². The maximum absolute atomic E-state index is 12.9. The van der Waals surface area contributed by atoms with E-state index in [0.717, 1.165) is 73.7 Å². The van der Waals surface area contributed by atoms with Crippen molar-refractivity contribution in [2.24, 2.45) is 0 Å². The van der Waals surface area contributed by atoms with E-state index >= 15 is 0 Å². The lowest BCUT2D eigenvalue weighted by molar-refractivity contribution is -0.135. The van der Waals surface area contributed by atoms with Gasteiger partial charge in [0.1, 0.15) is 5.01 Å². The van der Waals surface area contributed by atoms with Gasteiger partial charge in [-0.1, -0.05) is 6.42 Å². The fourth-order valence-electron chi connectivity index (χ4n) is 4.86. The third kappa shape index (κ3) is 4.36. The van der Waals surface area contributed by atoms with E-state index in [9.17, 15) is 4.79 Å². The summed E-state index contributed by atoms with van der Waals surface area (Å²) in [7, 11) is 3.29. The van der Waals surface area contributed by atoms with Crippen molar-refractivity contribution in [1.29, 1.82) is 0 Å². The molecule has 2 fully saturated rings. The van der Waals surface area contributed by atoms with E-state index in [-0.39, 0.29) is 5.91 Å². The van der Waals surface area contributed by atoms with Crippen molar-refractivity contribution in [3.63, 3.8) is 0 Å². The van der Waals surface area contributed by atoms with E-state index in [4.69, 9.17) is 14.5 Å². The minimum atomic E-state index is 0.270. The number of rotatable bonds is 6. The first-order valence-electron chi connectivity index (χ1n) is 11.6. The molecule has 8 heteroatoms. The summed E-state index contributed by atoms with van der Waals surface area (Å²) < 4.78 is 10.8. The molecule has 5 rings (SSSR count). The first kappa shape index (κ1) is 21.7. The Morgan fingerprint density at radius 3 is 2.56 bits per heavy atom. The fraction of sp³-hybridized carbons (Fsp3) is 0.583. The Labute approximate surface area is 193 Å². The molecule has 0 unspecified atom stereocenters. The van der Waals surface area contributed by atoms with Gasteiger partial charge in [-0.15, -0.1) is 11.3 Å². The third-order valence-corrected chi connectivity index (χ3v) is 8.19. The van der Waals surface area contributed by atoms with Gasteiger partial charge in [0.2, 0.25) is 5.91 Å². The van der Waals surface area contributed by atoms with Crippen molar-refractivity contribution in [2.75, 3.05) is 53.5 Å². The summed E-state index contributed by atoms with van der Waals surface area (Å²) in [5.74, 6) is 1.70. The van der Waals surface area contributed by atoms with Crippen LogP contribution in [0.2, 0.25) is 0 Å². The van der Waals surface area contributed by atoms with Gasteiger partial charge in [-0.25, -0.2) is 4.98 Å². The number of carbonyl (C=O) groups excluding carboxylic acids is 1. The lowest BCUT2D eigenvalue weighted by atomic mass is 9.91. The maximum Gasteiger partial charge on any atom is 0.236 e. The van der Waals surface area contributed by atoms with Gasteiger partial charge in [0, 0.05) is 62.2 Å². The standard InChI is InChI=1S/C24H32N4O3S/c1-30-20-7-6-17(14-21(20)31-2)24-25-19-8-9-26(15-22(19)32-24)16-23(29)28-12-10-27(11-13-28)18-4-3-5-18/h6-7,14,18H,3-5,8-13,15-16H2,1-2H3. The minimum absolute atomic E-state index is 0.270. The smallest absolute Gasteiger partial charge is 0.236 e. The number of fused-ring (bicyclic) bond motifs is 1. The molecule has 7 nitrogen and oxygen atoms in total. The van der Waals surface area contributed by atoms with Gasteiger partial charge in [0.15, 0.2) is 11.5 Å². The van der Waals surface area contributed by atoms with Crippen LogP contribution in [0.1, 0.15) is 29.8 Å².